The van der Waals surface area contributed by atoms with Crippen molar-refractivity contribution in [2.45, 2.75) is 45.1 Å². The van der Waals surface area contributed by atoms with Crippen LogP contribution in [0.5, 0.6) is 0 Å². The van der Waals surface area contributed by atoms with Crippen LogP contribution in [-0.2, 0) is 10.0 Å². The lowest BCUT2D eigenvalue weighted by molar-refractivity contribution is 0.405. The highest BCUT2D eigenvalue weighted by molar-refractivity contribution is 7.89. The summed E-state index contributed by atoms with van der Waals surface area (Å²) in [5.41, 5.74) is 4.74. The normalized spacial score (nSPS) is 24.1. The lowest BCUT2D eigenvalue weighted by Gasteiger charge is -2.23. The zero-order valence-corrected chi connectivity index (χ0v) is 13.3. The van der Waals surface area contributed by atoms with Gasteiger partial charge in [-0.1, -0.05) is 6.92 Å². The molecule has 2 atom stereocenters. The lowest BCUT2D eigenvalue weighted by Crippen LogP contribution is -2.34. The Kier molecular flexibility index (Phi) is 4.09. The summed E-state index contributed by atoms with van der Waals surface area (Å²) in [6, 6.07) is 3.59. The van der Waals surface area contributed by atoms with Gasteiger partial charge < -0.3 is 5.43 Å². The van der Waals surface area contributed by atoms with E-state index in [1.54, 1.807) is 16.4 Å². The van der Waals surface area contributed by atoms with Crippen molar-refractivity contribution in [3.63, 3.8) is 0 Å². The van der Waals surface area contributed by atoms with Gasteiger partial charge in [0.2, 0.25) is 10.0 Å². The predicted molar refractivity (Wildman–Crippen MR) is 80.9 cm³/mol. The number of rotatable bonds is 3. The highest BCUT2D eigenvalue weighted by Crippen LogP contribution is 2.33. The number of hydrazine groups is 1. The molecule has 0 amide bonds. The van der Waals surface area contributed by atoms with E-state index in [1.807, 2.05) is 20.8 Å². The van der Waals surface area contributed by atoms with Gasteiger partial charge in [-0.05, 0) is 56.4 Å². The molecule has 3 N–H and O–H groups in total. The third-order valence-electron chi connectivity index (χ3n) is 3.92. The van der Waals surface area contributed by atoms with E-state index in [2.05, 4.69) is 12.3 Å². The Labute approximate surface area is 121 Å². The van der Waals surface area contributed by atoms with E-state index in [0.717, 1.165) is 23.2 Å². The zero-order chi connectivity index (χ0) is 15.1. The molecule has 1 aliphatic rings. The van der Waals surface area contributed by atoms with Gasteiger partial charge in [0.05, 0.1) is 4.90 Å². The first-order valence-electron chi connectivity index (χ1n) is 6.87. The molecule has 0 radical (unpaired) electrons. The van der Waals surface area contributed by atoms with E-state index in [9.17, 15) is 8.42 Å². The van der Waals surface area contributed by atoms with Crippen LogP contribution in [0.4, 0.5) is 5.69 Å². The molecule has 0 bridgehead atoms. The molecule has 0 aromatic heterocycles. The van der Waals surface area contributed by atoms with Crippen molar-refractivity contribution in [2.75, 3.05) is 12.0 Å². The molecule has 1 heterocycles. The number of nitrogens with zero attached hydrogens (tertiary/aromatic N) is 1. The summed E-state index contributed by atoms with van der Waals surface area (Å²) in [5, 5.41) is 0. The second-order valence-electron chi connectivity index (χ2n) is 5.85. The summed E-state index contributed by atoms with van der Waals surface area (Å²) in [4.78, 5) is 0.414. The van der Waals surface area contributed by atoms with Crippen LogP contribution in [0.3, 0.4) is 0 Å². The van der Waals surface area contributed by atoms with Gasteiger partial charge in [0, 0.05) is 18.3 Å². The molecule has 0 saturated carbocycles. The van der Waals surface area contributed by atoms with Crippen LogP contribution in [-0.4, -0.2) is 25.3 Å². The van der Waals surface area contributed by atoms with E-state index in [0.29, 0.717) is 17.4 Å². The van der Waals surface area contributed by atoms with E-state index >= 15 is 0 Å². The van der Waals surface area contributed by atoms with Crippen molar-refractivity contribution in [2.24, 2.45) is 11.8 Å². The van der Waals surface area contributed by atoms with Crippen molar-refractivity contribution in [1.82, 2.24) is 4.31 Å². The maximum absolute atomic E-state index is 12.9. The average molecular weight is 297 g/mol. The van der Waals surface area contributed by atoms with Gasteiger partial charge in [0.1, 0.15) is 0 Å². The first-order valence-corrected chi connectivity index (χ1v) is 8.31. The predicted octanol–water partition coefficient (Wildman–Crippen LogP) is 2.01. The highest BCUT2D eigenvalue weighted by atomic mass is 32.2. The average Bonchev–Trinajstić information content (AvgIpc) is 2.67. The molecule has 20 heavy (non-hydrogen) atoms. The zero-order valence-electron chi connectivity index (χ0n) is 12.5. The van der Waals surface area contributed by atoms with Crippen LogP contribution in [0.25, 0.3) is 0 Å². The van der Waals surface area contributed by atoms with Gasteiger partial charge in [-0.15, -0.1) is 0 Å². The van der Waals surface area contributed by atoms with E-state index in [1.165, 1.54) is 0 Å². The first kappa shape index (κ1) is 15.3. The Hall–Kier alpha value is -1.11. The smallest absolute Gasteiger partial charge is 0.243 e. The quantitative estimate of drug-likeness (QED) is 0.661. The van der Waals surface area contributed by atoms with Gasteiger partial charge in [-0.2, -0.15) is 4.31 Å². The fraction of sp³-hybridized carbons (Fsp3) is 0.571. The molecule has 5 nitrogen and oxygen atoms in total. The topological polar surface area (TPSA) is 75.4 Å². The van der Waals surface area contributed by atoms with Crippen molar-refractivity contribution in [3.8, 4) is 0 Å². The van der Waals surface area contributed by atoms with Gasteiger partial charge in [0.25, 0.3) is 0 Å². The molecule has 0 aliphatic carbocycles. The van der Waals surface area contributed by atoms with Crippen molar-refractivity contribution in [1.29, 1.82) is 0 Å². The molecule has 2 unspecified atom stereocenters. The molecular formula is C14H23N3O2S. The molecular weight excluding hydrogens is 274 g/mol. The molecule has 1 aliphatic heterocycles. The Morgan fingerprint density at radius 2 is 1.80 bits per heavy atom. The third kappa shape index (κ3) is 2.55. The fourth-order valence-electron chi connectivity index (χ4n) is 3.15. The first-order chi connectivity index (χ1) is 9.27. The summed E-state index contributed by atoms with van der Waals surface area (Å²) in [7, 11) is -3.44. The molecule has 1 aromatic carbocycles. The largest absolute Gasteiger partial charge is 0.324 e. The van der Waals surface area contributed by atoms with Gasteiger partial charge >= 0.3 is 0 Å². The van der Waals surface area contributed by atoms with E-state index < -0.39 is 10.0 Å². The summed E-state index contributed by atoms with van der Waals surface area (Å²) in [5.74, 6) is 5.81. The Morgan fingerprint density at radius 1 is 1.25 bits per heavy atom. The number of aryl methyl sites for hydroxylation is 2. The molecule has 112 valence electrons. The van der Waals surface area contributed by atoms with E-state index in [-0.39, 0.29) is 6.04 Å². The molecule has 0 spiro atoms. The van der Waals surface area contributed by atoms with Crippen LogP contribution in [0, 0.1) is 19.8 Å². The second-order valence-corrected chi connectivity index (χ2v) is 7.68. The molecule has 6 heteroatoms. The number of nitrogens with two attached hydrogens (primary N) is 1. The molecule has 1 aromatic rings. The monoisotopic (exact) mass is 297 g/mol. The summed E-state index contributed by atoms with van der Waals surface area (Å²) >= 11 is 0. The van der Waals surface area contributed by atoms with E-state index in [4.69, 9.17) is 5.84 Å². The number of benzene rings is 1. The number of hydrogen-bond acceptors (Lipinski definition) is 4. The standard InChI is InChI=1S/C14H23N3O2S/c1-9-5-12(4)17(8-9)20(18,19)14-10(2)6-13(16-15)7-11(14)3/h6-7,9,12,16H,5,8,15H2,1-4H3. The van der Waals surface area contributed by atoms with Crippen molar-refractivity contribution >= 4 is 15.7 Å². The third-order valence-corrected chi connectivity index (χ3v) is 6.21. The summed E-state index contributed by atoms with van der Waals surface area (Å²) in [6.45, 7) is 8.28. The number of hydrogen-bond donors (Lipinski definition) is 2. The molecule has 1 fully saturated rings. The van der Waals surface area contributed by atoms with Gasteiger partial charge in [0.15, 0.2) is 0 Å². The minimum Gasteiger partial charge on any atom is -0.324 e. The number of nitrogens with one attached hydrogen (secondary N) is 1. The number of anilines is 1. The molecule has 1 saturated heterocycles. The minimum absolute atomic E-state index is 0.0566. The van der Waals surface area contributed by atoms with Crippen LogP contribution in [0.15, 0.2) is 17.0 Å². The van der Waals surface area contributed by atoms with Crippen LogP contribution in [0.2, 0.25) is 0 Å². The highest BCUT2D eigenvalue weighted by Gasteiger charge is 2.37. The van der Waals surface area contributed by atoms with Crippen LogP contribution < -0.4 is 11.3 Å². The van der Waals surface area contributed by atoms with Crippen molar-refractivity contribution in [3.05, 3.63) is 23.3 Å². The maximum Gasteiger partial charge on any atom is 0.243 e. The van der Waals surface area contributed by atoms with Gasteiger partial charge in [-0.3, -0.25) is 5.84 Å². The number of sulfonamides is 1. The number of nitrogen functional groups attached to an aromatic ring is 1. The Bertz CT molecular complexity index is 590. The summed E-state index contributed by atoms with van der Waals surface area (Å²) in [6.07, 6.45) is 0.916. The Morgan fingerprint density at radius 3 is 2.20 bits per heavy atom. The minimum atomic E-state index is -3.44. The lowest BCUT2D eigenvalue weighted by atomic mass is 10.1. The van der Waals surface area contributed by atoms with Crippen LogP contribution in [0.1, 0.15) is 31.4 Å². The SMILES string of the molecule is Cc1cc(NN)cc(C)c1S(=O)(=O)N1CC(C)CC1C. The second kappa shape index (κ2) is 5.35. The summed E-state index contributed by atoms with van der Waals surface area (Å²) < 4.78 is 27.4. The fourth-order valence-corrected chi connectivity index (χ4v) is 5.33. The Balaban J connectivity index is 2.50. The van der Waals surface area contributed by atoms with Gasteiger partial charge in [-0.25, -0.2) is 8.42 Å². The van der Waals surface area contributed by atoms with Crippen LogP contribution >= 0.6 is 0 Å². The molecule has 2 rings (SSSR count). The van der Waals surface area contributed by atoms with Crippen molar-refractivity contribution < 1.29 is 8.42 Å². The maximum atomic E-state index is 12.9.